The van der Waals surface area contributed by atoms with Gasteiger partial charge in [0, 0.05) is 18.4 Å². The average Bonchev–Trinajstić information content (AvgIpc) is 3.02. The first-order chi connectivity index (χ1) is 13.4. The Balaban J connectivity index is 0.00000240. The number of halogens is 1. The molecule has 3 atom stereocenters. The van der Waals surface area contributed by atoms with Crippen molar-refractivity contribution < 1.29 is 42.0 Å². The number of hydrogen-bond acceptors (Lipinski definition) is 2. The van der Waals surface area contributed by atoms with Gasteiger partial charge in [-0.1, -0.05) is 60.7 Å². The van der Waals surface area contributed by atoms with Crippen LogP contribution < -0.4 is 24.0 Å². The van der Waals surface area contributed by atoms with Crippen LogP contribution in [0.1, 0.15) is 40.6 Å². The summed E-state index contributed by atoms with van der Waals surface area (Å²) in [7, 11) is 0. The van der Waals surface area contributed by atoms with Crippen LogP contribution in [0.15, 0.2) is 60.7 Å². The smallest absolute Gasteiger partial charge is 0.174 e. The summed E-state index contributed by atoms with van der Waals surface area (Å²) in [5.74, 6) is -0.664. The predicted molar refractivity (Wildman–Crippen MR) is 98.9 cm³/mol. The van der Waals surface area contributed by atoms with Crippen molar-refractivity contribution in [3.8, 4) is 0 Å². The van der Waals surface area contributed by atoms with Crippen LogP contribution in [0.25, 0.3) is 0 Å². The normalized spacial score (nSPS) is 33.5. The summed E-state index contributed by atoms with van der Waals surface area (Å²) >= 11 is 0. The Labute approximate surface area is 178 Å². The summed E-state index contributed by atoms with van der Waals surface area (Å²) in [6.45, 7) is 0.0909. The second-order valence-electron chi connectivity index (χ2n) is 7.33. The molecule has 0 amide bonds. The molecule has 3 nitrogen and oxygen atoms in total. The molecule has 2 aromatic carbocycles. The lowest BCUT2D eigenvalue weighted by Crippen LogP contribution is -3.00. The molecule has 2 fully saturated rings. The molecule has 2 aliphatic rings. The molecule has 26 heavy (non-hydrogen) atoms. The van der Waals surface area contributed by atoms with Gasteiger partial charge in [0.1, 0.15) is 12.6 Å². The molecule has 2 heterocycles. The first-order valence-electron chi connectivity index (χ1n) is 10.7. The Kier molecular flexibility index (Phi) is 5.17. The second-order valence-corrected chi connectivity index (χ2v) is 7.33. The maximum absolute atomic E-state index is 8.28. The highest BCUT2D eigenvalue weighted by molar-refractivity contribution is 5.18. The zero-order valence-corrected chi connectivity index (χ0v) is 17.1. The molecule has 4 rings (SSSR count). The van der Waals surface area contributed by atoms with Crippen LogP contribution in [-0.4, -0.2) is 36.9 Å². The van der Waals surface area contributed by atoms with Crippen molar-refractivity contribution in [3.05, 3.63) is 71.8 Å². The van der Waals surface area contributed by atoms with Gasteiger partial charge in [-0.15, -0.1) is 0 Å². The van der Waals surface area contributed by atoms with Crippen molar-refractivity contribution in [2.75, 3.05) is 26.7 Å². The summed E-state index contributed by atoms with van der Waals surface area (Å²) in [5.41, 5.74) is 2.18. The van der Waals surface area contributed by atoms with E-state index in [0.717, 1.165) is 24.0 Å². The van der Waals surface area contributed by atoms with Crippen LogP contribution in [0.4, 0.5) is 0 Å². The van der Waals surface area contributed by atoms with Gasteiger partial charge in [-0.2, -0.15) is 0 Å². The van der Waals surface area contributed by atoms with Crippen LogP contribution in [0.2, 0.25) is 0 Å². The summed E-state index contributed by atoms with van der Waals surface area (Å²) in [4.78, 5) is 0. The van der Waals surface area contributed by atoms with E-state index in [2.05, 4.69) is 12.1 Å². The minimum absolute atomic E-state index is 0. The highest BCUT2D eigenvalue weighted by Gasteiger charge is 2.45. The number of benzene rings is 2. The Morgan fingerprint density at radius 3 is 2.50 bits per heavy atom. The highest BCUT2D eigenvalue weighted by Crippen LogP contribution is 2.41. The second kappa shape index (κ2) is 8.38. The van der Waals surface area contributed by atoms with Crippen LogP contribution in [0.3, 0.4) is 0 Å². The summed E-state index contributed by atoms with van der Waals surface area (Å²) in [6, 6.07) is 20.1. The number of quaternary nitrogens is 1. The fraction of sp³-hybridized carbons (Fsp3) is 0.455. The maximum atomic E-state index is 8.28. The van der Waals surface area contributed by atoms with Gasteiger partial charge in [0.25, 0.3) is 0 Å². The first-order valence-corrected chi connectivity index (χ1v) is 9.18. The largest absolute Gasteiger partial charge is 1.00 e. The van der Waals surface area contributed by atoms with Crippen LogP contribution in [-0.2, 0) is 16.0 Å². The van der Waals surface area contributed by atoms with Crippen molar-refractivity contribution in [1.82, 2.24) is 0 Å². The van der Waals surface area contributed by atoms with Gasteiger partial charge < -0.3 is 37.9 Å². The topological polar surface area (TPSA) is 18.5 Å². The minimum Gasteiger partial charge on any atom is -1.00 e. The number of likely N-dealkylation sites (tertiary alicyclic amines) is 1. The van der Waals surface area contributed by atoms with Crippen molar-refractivity contribution >= 4 is 0 Å². The quantitative estimate of drug-likeness (QED) is 0.500. The summed E-state index contributed by atoms with van der Waals surface area (Å²) in [5, 5.41) is 0. The number of rotatable bonds is 3. The van der Waals surface area contributed by atoms with E-state index < -0.39 is 12.8 Å². The number of ether oxygens (including phenoxy) is 2. The fourth-order valence-electron chi connectivity index (χ4n) is 4.01. The van der Waals surface area contributed by atoms with Crippen molar-refractivity contribution in [2.24, 2.45) is 0 Å². The van der Waals surface area contributed by atoms with Crippen molar-refractivity contribution in [3.63, 3.8) is 0 Å². The van der Waals surface area contributed by atoms with Gasteiger partial charge in [0.05, 0.1) is 37.2 Å². The van der Waals surface area contributed by atoms with Crippen molar-refractivity contribution in [1.29, 1.82) is 0 Å². The molecule has 0 N–H and O–H groups in total. The molecular formula is C22H28INO2. The SMILES string of the molecule is [2H]C([2H])([2H])[N+]1(Cc2ccccc2)CCCC2(CC1)OCC(c1ccccc1)O2.[I-]. The Hall–Kier alpha value is -0.950. The van der Waals surface area contributed by atoms with E-state index in [1.165, 1.54) is 0 Å². The van der Waals surface area contributed by atoms with E-state index in [0.29, 0.717) is 32.7 Å². The third-order valence-electron chi connectivity index (χ3n) is 5.42. The van der Waals surface area contributed by atoms with Gasteiger partial charge in [-0.05, 0) is 5.56 Å². The summed E-state index contributed by atoms with van der Waals surface area (Å²) < 4.78 is 37.5. The van der Waals surface area contributed by atoms with E-state index in [1.54, 1.807) is 0 Å². The summed E-state index contributed by atoms with van der Waals surface area (Å²) in [6.07, 6.45) is 2.03. The lowest BCUT2D eigenvalue weighted by atomic mass is 10.1. The predicted octanol–water partition coefficient (Wildman–Crippen LogP) is 1.31. The van der Waals surface area contributed by atoms with E-state index in [9.17, 15) is 0 Å². The molecule has 1 spiro atoms. The van der Waals surface area contributed by atoms with E-state index in [1.807, 2.05) is 48.5 Å². The molecule has 3 unspecified atom stereocenters. The van der Waals surface area contributed by atoms with Crippen LogP contribution in [0.5, 0.6) is 0 Å². The molecule has 2 aliphatic heterocycles. The van der Waals surface area contributed by atoms with E-state index in [4.69, 9.17) is 13.6 Å². The van der Waals surface area contributed by atoms with Gasteiger partial charge >= 0.3 is 0 Å². The average molecular weight is 468 g/mol. The Morgan fingerprint density at radius 2 is 1.77 bits per heavy atom. The van der Waals surface area contributed by atoms with Gasteiger partial charge in [0.15, 0.2) is 5.79 Å². The molecular weight excluding hydrogens is 437 g/mol. The highest BCUT2D eigenvalue weighted by atomic mass is 127. The fourth-order valence-corrected chi connectivity index (χ4v) is 4.01. The van der Waals surface area contributed by atoms with Gasteiger partial charge in [-0.3, -0.25) is 0 Å². The van der Waals surface area contributed by atoms with Gasteiger partial charge in [0.2, 0.25) is 0 Å². The molecule has 0 aliphatic carbocycles. The molecule has 2 saturated heterocycles. The third-order valence-corrected chi connectivity index (χ3v) is 5.42. The van der Waals surface area contributed by atoms with Gasteiger partial charge in [-0.25, -0.2) is 0 Å². The molecule has 0 saturated carbocycles. The standard InChI is InChI=1S/C22H28NO2.HI/c1-23(17-19-9-4-2-5-10-19)15-8-13-22(14-16-23)24-18-21(25-22)20-11-6-3-7-12-20;/h2-7,9-12,21H,8,13-18H2,1H3;1H/q+1;/p-1/i1D3;. The van der Waals surface area contributed by atoms with E-state index >= 15 is 0 Å². The molecule has 0 aromatic heterocycles. The lowest BCUT2D eigenvalue weighted by Gasteiger charge is -2.34. The molecule has 140 valence electrons. The third kappa shape index (κ3) is 4.47. The van der Waals surface area contributed by atoms with Crippen LogP contribution >= 0.6 is 0 Å². The monoisotopic (exact) mass is 468 g/mol. The van der Waals surface area contributed by atoms with E-state index in [-0.39, 0.29) is 34.6 Å². The Morgan fingerprint density at radius 1 is 1.04 bits per heavy atom. The number of nitrogens with zero attached hydrogens (tertiary/aromatic N) is 1. The zero-order valence-electron chi connectivity index (χ0n) is 17.9. The molecule has 0 bridgehead atoms. The maximum Gasteiger partial charge on any atom is 0.174 e. The minimum atomic E-state index is -2.07. The van der Waals surface area contributed by atoms with Crippen LogP contribution in [0, 0.1) is 0 Å². The molecule has 2 aromatic rings. The first kappa shape index (κ1) is 16.0. The molecule has 0 radical (unpaired) electrons. The zero-order chi connectivity index (χ0) is 19.7. The van der Waals surface area contributed by atoms with Crippen molar-refractivity contribution in [2.45, 2.75) is 37.7 Å². The molecule has 4 heteroatoms. The Bertz CT molecular complexity index is 790. The number of hydrogen-bond donors (Lipinski definition) is 0. The lowest BCUT2D eigenvalue weighted by molar-refractivity contribution is -0.922.